The number of ether oxygens (including phenoxy) is 2. The Morgan fingerprint density at radius 3 is 1.34 bits per heavy atom. The van der Waals surface area contributed by atoms with Crippen LogP contribution in [0.4, 0.5) is 0 Å². The van der Waals surface area contributed by atoms with Crippen molar-refractivity contribution < 1.29 is 24.8 Å². The molecule has 5 aromatic rings. The smallest absolute Gasteiger partial charge is 0.125 e. The van der Waals surface area contributed by atoms with E-state index >= 15 is 0 Å². The minimum absolute atomic E-state index is 0.0242. The summed E-state index contributed by atoms with van der Waals surface area (Å²) in [4.78, 5) is 0. The summed E-state index contributed by atoms with van der Waals surface area (Å²) in [5, 5.41) is 27.7. The summed E-state index contributed by atoms with van der Waals surface area (Å²) in [6.07, 6.45) is 0. The van der Waals surface area contributed by atoms with Crippen LogP contribution in [-0.2, 0) is 31.8 Å². The van der Waals surface area contributed by atoms with E-state index in [0.717, 1.165) is 46.9 Å². The van der Waals surface area contributed by atoms with E-state index in [1.807, 2.05) is 78.9 Å². The van der Waals surface area contributed by atoms with Crippen molar-refractivity contribution in [2.24, 2.45) is 0 Å². The van der Waals surface area contributed by atoms with Crippen molar-refractivity contribution in [3.05, 3.63) is 156 Å². The van der Waals surface area contributed by atoms with Crippen molar-refractivity contribution in [1.82, 2.24) is 0 Å². The highest BCUT2D eigenvalue weighted by molar-refractivity contribution is 9.11. The number of aromatic hydroxyl groups is 1. The summed E-state index contributed by atoms with van der Waals surface area (Å²) in [7, 11) is 0. The van der Waals surface area contributed by atoms with Crippen LogP contribution in [0.1, 0.15) is 27.8 Å². The molecule has 5 aromatic carbocycles. The molecule has 0 aliphatic carbocycles. The van der Waals surface area contributed by atoms with Crippen molar-refractivity contribution in [2.45, 2.75) is 31.8 Å². The topological polar surface area (TPSA) is 79.2 Å². The molecular weight excluding hydrogens is 820 g/mol. The van der Waals surface area contributed by atoms with Crippen molar-refractivity contribution in [2.75, 3.05) is 0 Å². The third-order valence-corrected chi connectivity index (χ3v) is 8.13. The first-order valence-electron chi connectivity index (χ1n) is 13.5. The second kappa shape index (κ2) is 19.7. The summed E-state index contributed by atoms with van der Waals surface area (Å²) in [6, 6.07) is 36.7. The van der Waals surface area contributed by atoms with Gasteiger partial charge in [0.15, 0.2) is 0 Å². The molecule has 0 aromatic heterocycles. The average Bonchev–Trinajstić information content (AvgIpc) is 3.06. The van der Waals surface area contributed by atoms with Crippen LogP contribution in [0.3, 0.4) is 0 Å². The summed E-state index contributed by atoms with van der Waals surface area (Å²) >= 11 is 13.5. The number of rotatable bonds is 9. The standard InChI is InChI=1S/C14H12Br2O.C14H13BrO2.C7H7BrO2/c15-9-12-8-13(16)6-7-14(12)17-10-11-4-2-1-3-5-11;15-13-6-7-14(12(8-13)9-16)17-10-11-4-2-1-3-5-11;8-6-1-2-7(10)5(3-6)4-9/h1-8H,9-10H2;1-8,16H,9-10H2;1-3,9-10H,4H2. The van der Waals surface area contributed by atoms with Crippen LogP contribution < -0.4 is 9.47 Å². The maximum Gasteiger partial charge on any atom is 0.125 e. The predicted molar refractivity (Wildman–Crippen MR) is 190 cm³/mol. The lowest BCUT2D eigenvalue weighted by Gasteiger charge is -2.10. The van der Waals surface area contributed by atoms with E-state index in [1.54, 1.807) is 12.1 Å². The zero-order chi connectivity index (χ0) is 31.7. The van der Waals surface area contributed by atoms with Gasteiger partial charge in [0.1, 0.15) is 30.5 Å². The van der Waals surface area contributed by atoms with Gasteiger partial charge in [-0.05, 0) is 65.7 Å². The fourth-order valence-corrected chi connectivity index (χ4v) is 5.42. The number of benzene rings is 5. The first-order valence-corrected chi connectivity index (χ1v) is 17.0. The van der Waals surface area contributed by atoms with E-state index in [0.29, 0.717) is 18.8 Å². The molecule has 9 heteroatoms. The third-order valence-electron chi connectivity index (χ3n) is 6.05. The van der Waals surface area contributed by atoms with E-state index in [4.69, 9.17) is 19.7 Å². The Hall–Kier alpha value is -2.66. The van der Waals surface area contributed by atoms with Crippen LogP contribution in [0.25, 0.3) is 0 Å². The Kier molecular flexibility index (Phi) is 16.0. The molecule has 5 nitrogen and oxygen atoms in total. The second-order valence-electron chi connectivity index (χ2n) is 9.28. The van der Waals surface area contributed by atoms with E-state index in [1.165, 1.54) is 11.6 Å². The highest BCUT2D eigenvalue weighted by atomic mass is 79.9. The fraction of sp³-hybridized carbons (Fsp3) is 0.143. The van der Waals surface area contributed by atoms with E-state index in [9.17, 15) is 5.11 Å². The van der Waals surface area contributed by atoms with Gasteiger partial charge in [-0.1, -0.05) is 124 Å². The van der Waals surface area contributed by atoms with Crippen molar-refractivity contribution in [1.29, 1.82) is 0 Å². The number of hydrogen-bond donors (Lipinski definition) is 3. The summed E-state index contributed by atoms with van der Waals surface area (Å²) in [5.74, 6) is 1.78. The average molecular weight is 852 g/mol. The quantitative estimate of drug-likeness (QED) is 0.129. The Balaban J connectivity index is 0.000000187. The third kappa shape index (κ3) is 12.4. The molecule has 0 radical (unpaired) electrons. The molecule has 0 aliphatic rings. The second-order valence-corrected chi connectivity index (χ2v) is 12.6. The van der Waals surface area contributed by atoms with Gasteiger partial charge < -0.3 is 24.8 Å². The first-order chi connectivity index (χ1) is 21.3. The lowest BCUT2D eigenvalue weighted by molar-refractivity contribution is 0.259. The van der Waals surface area contributed by atoms with Crippen molar-refractivity contribution in [3.8, 4) is 17.2 Å². The van der Waals surface area contributed by atoms with Crippen molar-refractivity contribution >= 4 is 63.7 Å². The lowest BCUT2D eigenvalue weighted by Crippen LogP contribution is -1.98. The van der Waals surface area contributed by atoms with Gasteiger partial charge in [0.05, 0.1) is 13.2 Å². The first kappa shape index (κ1) is 35.8. The van der Waals surface area contributed by atoms with E-state index < -0.39 is 0 Å². The number of phenols is 1. The number of halogens is 4. The molecule has 0 aliphatic heterocycles. The molecule has 0 bridgehead atoms. The maximum atomic E-state index is 9.24. The molecule has 0 amide bonds. The van der Waals surface area contributed by atoms with Gasteiger partial charge in [0.2, 0.25) is 0 Å². The Morgan fingerprint density at radius 2 is 0.909 bits per heavy atom. The molecule has 0 fully saturated rings. The summed E-state index contributed by atoms with van der Waals surface area (Å²) in [5.41, 5.74) is 4.76. The van der Waals surface area contributed by atoms with Crippen molar-refractivity contribution in [3.63, 3.8) is 0 Å². The fourth-order valence-electron chi connectivity index (χ4n) is 3.76. The number of aliphatic hydroxyl groups is 2. The molecule has 5 rings (SSSR count). The van der Waals surface area contributed by atoms with Crippen LogP contribution in [-0.4, -0.2) is 15.3 Å². The predicted octanol–water partition coefficient (Wildman–Crippen LogP) is 10.1. The normalized spacial score (nSPS) is 10.1. The van der Waals surface area contributed by atoms with Crippen LogP contribution in [0.2, 0.25) is 0 Å². The summed E-state index contributed by atoms with van der Waals surface area (Å²) < 4.78 is 14.4. The van der Waals surface area contributed by atoms with Gasteiger partial charge in [-0.3, -0.25) is 0 Å². The molecule has 230 valence electrons. The minimum Gasteiger partial charge on any atom is -0.508 e. The monoisotopic (exact) mass is 848 g/mol. The van der Waals surface area contributed by atoms with E-state index in [2.05, 4.69) is 81.9 Å². The molecule has 0 unspecified atom stereocenters. The van der Waals surface area contributed by atoms with Crippen LogP contribution in [0.15, 0.2) is 129 Å². The Labute approximate surface area is 292 Å². The van der Waals surface area contributed by atoms with Gasteiger partial charge >= 0.3 is 0 Å². The Morgan fingerprint density at radius 1 is 0.500 bits per heavy atom. The van der Waals surface area contributed by atoms with Gasteiger partial charge in [-0.25, -0.2) is 0 Å². The molecule has 0 saturated heterocycles. The van der Waals surface area contributed by atoms with Crippen LogP contribution in [0.5, 0.6) is 17.2 Å². The SMILES string of the molecule is BrCc1cc(Br)ccc1OCc1ccccc1.OCc1cc(Br)ccc1O.OCc1cc(Br)ccc1OCc1ccccc1. The zero-order valence-corrected chi connectivity index (χ0v) is 30.0. The molecule has 3 N–H and O–H groups in total. The van der Waals surface area contributed by atoms with Crippen LogP contribution in [0, 0.1) is 0 Å². The van der Waals surface area contributed by atoms with Crippen LogP contribution >= 0.6 is 63.7 Å². The highest BCUT2D eigenvalue weighted by Crippen LogP contribution is 2.26. The Bertz CT molecular complexity index is 1470. The highest BCUT2D eigenvalue weighted by Gasteiger charge is 2.05. The van der Waals surface area contributed by atoms with E-state index in [-0.39, 0.29) is 19.0 Å². The molecule has 0 atom stereocenters. The zero-order valence-electron chi connectivity index (χ0n) is 23.7. The van der Waals surface area contributed by atoms with Gasteiger partial charge in [-0.2, -0.15) is 0 Å². The minimum atomic E-state index is -0.134. The molecular formula is C35H32Br4O5. The van der Waals surface area contributed by atoms with Gasteiger partial charge in [0, 0.05) is 35.4 Å². The number of hydrogen-bond acceptors (Lipinski definition) is 5. The molecule has 0 spiro atoms. The largest absolute Gasteiger partial charge is 0.508 e. The molecule has 0 heterocycles. The maximum absolute atomic E-state index is 9.24. The molecule has 0 saturated carbocycles. The summed E-state index contributed by atoms with van der Waals surface area (Å²) in [6.45, 7) is 0.951. The number of aliphatic hydroxyl groups excluding tert-OH is 2. The lowest BCUT2D eigenvalue weighted by atomic mass is 10.2. The van der Waals surface area contributed by atoms with Gasteiger partial charge in [0.25, 0.3) is 0 Å². The van der Waals surface area contributed by atoms with Gasteiger partial charge in [-0.15, -0.1) is 0 Å². The molecule has 44 heavy (non-hydrogen) atoms. The number of alkyl halides is 1.